The van der Waals surface area contributed by atoms with Crippen molar-refractivity contribution in [2.75, 3.05) is 11.1 Å². The van der Waals surface area contributed by atoms with E-state index in [0.29, 0.717) is 5.89 Å². The van der Waals surface area contributed by atoms with Crippen molar-refractivity contribution in [3.63, 3.8) is 0 Å². The van der Waals surface area contributed by atoms with E-state index in [1.54, 1.807) is 11.8 Å². The standard InChI is InChI=1S/C23H17N5O2S3/c29-19(24-21-26-25-20(30-21)16-8-2-1-3-9-16)14-32-23-28-27-22(33-23)31-13-17-11-6-10-15-7-4-5-12-18(15)17/h1-12H,13-14H2,(H,24,26,29). The molecule has 7 nitrogen and oxygen atoms in total. The maximum atomic E-state index is 12.3. The summed E-state index contributed by atoms with van der Waals surface area (Å²) in [5.74, 6) is 1.09. The summed E-state index contributed by atoms with van der Waals surface area (Å²) >= 11 is 4.45. The Bertz CT molecular complexity index is 1380. The van der Waals surface area contributed by atoms with E-state index in [-0.39, 0.29) is 17.7 Å². The molecule has 0 radical (unpaired) electrons. The van der Waals surface area contributed by atoms with Crippen LogP contribution < -0.4 is 5.32 Å². The number of anilines is 1. The second-order valence-electron chi connectivity index (χ2n) is 6.88. The molecule has 0 unspecified atom stereocenters. The molecule has 5 rings (SSSR count). The Morgan fingerprint density at radius 1 is 0.848 bits per heavy atom. The molecule has 2 heterocycles. The average molecular weight is 492 g/mol. The number of amides is 1. The third-order valence-corrected chi connectivity index (χ3v) is 7.88. The first-order chi connectivity index (χ1) is 16.2. The second kappa shape index (κ2) is 10.2. The molecule has 164 valence electrons. The molecule has 0 fully saturated rings. The van der Waals surface area contributed by atoms with Gasteiger partial charge in [-0.05, 0) is 28.5 Å². The molecular weight excluding hydrogens is 474 g/mol. The van der Waals surface area contributed by atoms with E-state index in [2.05, 4.69) is 62.1 Å². The van der Waals surface area contributed by atoms with Gasteiger partial charge in [0.2, 0.25) is 11.8 Å². The Labute approximate surface area is 202 Å². The van der Waals surface area contributed by atoms with Crippen LogP contribution in [0.25, 0.3) is 22.2 Å². The van der Waals surface area contributed by atoms with Gasteiger partial charge in [-0.25, -0.2) is 0 Å². The number of nitrogens with zero attached hydrogens (tertiary/aromatic N) is 4. The fourth-order valence-electron chi connectivity index (χ4n) is 3.13. The number of hydrogen-bond acceptors (Lipinski definition) is 9. The molecule has 3 aromatic carbocycles. The second-order valence-corrected chi connectivity index (χ2v) is 10.3. The van der Waals surface area contributed by atoms with Crippen molar-refractivity contribution in [1.82, 2.24) is 20.4 Å². The van der Waals surface area contributed by atoms with Gasteiger partial charge in [0.15, 0.2) is 8.68 Å². The first kappa shape index (κ1) is 21.6. The van der Waals surface area contributed by atoms with Gasteiger partial charge in [-0.2, -0.15) is 0 Å². The van der Waals surface area contributed by atoms with E-state index in [4.69, 9.17) is 4.42 Å². The van der Waals surface area contributed by atoms with Gasteiger partial charge in [-0.15, -0.1) is 15.3 Å². The maximum Gasteiger partial charge on any atom is 0.322 e. The van der Waals surface area contributed by atoms with Gasteiger partial charge in [0.05, 0.1) is 5.75 Å². The van der Waals surface area contributed by atoms with Crippen LogP contribution in [0.15, 0.2) is 85.9 Å². The zero-order valence-electron chi connectivity index (χ0n) is 17.2. The fourth-order valence-corrected chi connectivity index (χ4v) is 5.95. The van der Waals surface area contributed by atoms with Crippen LogP contribution in [0.2, 0.25) is 0 Å². The molecule has 10 heteroatoms. The highest BCUT2D eigenvalue weighted by molar-refractivity contribution is 8.03. The van der Waals surface area contributed by atoms with Crippen molar-refractivity contribution in [3.8, 4) is 11.5 Å². The number of carbonyl (C=O) groups is 1. The van der Waals surface area contributed by atoms with E-state index in [0.717, 1.165) is 20.0 Å². The van der Waals surface area contributed by atoms with Crippen molar-refractivity contribution in [2.24, 2.45) is 0 Å². The van der Waals surface area contributed by atoms with Gasteiger partial charge in [-0.1, -0.05) is 101 Å². The number of thioether (sulfide) groups is 2. The normalized spacial score (nSPS) is 11.0. The van der Waals surface area contributed by atoms with Crippen LogP contribution in [-0.2, 0) is 10.5 Å². The molecule has 0 saturated heterocycles. The van der Waals surface area contributed by atoms with Gasteiger partial charge >= 0.3 is 6.01 Å². The lowest BCUT2D eigenvalue weighted by Crippen LogP contribution is -2.14. The Morgan fingerprint density at radius 3 is 2.48 bits per heavy atom. The van der Waals surface area contributed by atoms with Crippen LogP contribution in [0.1, 0.15) is 5.56 Å². The minimum atomic E-state index is -0.247. The number of hydrogen-bond donors (Lipinski definition) is 1. The molecule has 2 aromatic heterocycles. The predicted octanol–water partition coefficient (Wildman–Crippen LogP) is 5.76. The lowest BCUT2D eigenvalue weighted by molar-refractivity contribution is -0.113. The molecule has 0 aliphatic heterocycles. The third-order valence-electron chi connectivity index (χ3n) is 4.64. The van der Waals surface area contributed by atoms with Gasteiger partial charge in [0.1, 0.15) is 0 Å². The fraction of sp³-hybridized carbons (Fsp3) is 0.0870. The molecule has 0 aliphatic carbocycles. The first-order valence-corrected chi connectivity index (χ1v) is 12.8. The van der Waals surface area contributed by atoms with E-state index in [9.17, 15) is 4.79 Å². The lowest BCUT2D eigenvalue weighted by atomic mass is 10.1. The van der Waals surface area contributed by atoms with Crippen molar-refractivity contribution in [2.45, 2.75) is 14.4 Å². The van der Waals surface area contributed by atoms with Crippen molar-refractivity contribution in [3.05, 3.63) is 78.4 Å². The van der Waals surface area contributed by atoms with Gasteiger partial charge in [0.25, 0.3) is 0 Å². The largest absolute Gasteiger partial charge is 0.403 e. The Morgan fingerprint density at radius 2 is 1.61 bits per heavy atom. The van der Waals surface area contributed by atoms with Crippen LogP contribution in [0, 0.1) is 0 Å². The van der Waals surface area contributed by atoms with Crippen LogP contribution in [0.3, 0.4) is 0 Å². The summed E-state index contributed by atoms with van der Waals surface area (Å²) in [7, 11) is 0. The third kappa shape index (κ3) is 5.41. The summed E-state index contributed by atoms with van der Waals surface area (Å²) in [5, 5.41) is 21.4. The van der Waals surface area contributed by atoms with E-state index < -0.39 is 0 Å². The van der Waals surface area contributed by atoms with Crippen LogP contribution in [0.5, 0.6) is 0 Å². The number of benzene rings is 3. The summed E-state index contributed by atoms with van der Waals surface area (Å²) < 4.78 is 7.12. The summed E-state index contributed by atoms with van der Waals surface area (Å²) in [6, 6.07) is 24.1. The number of carbonyl (C=O) groups excluding carboxylic acids is 1. The zero-order chi connectivity index (χ0) is 22.5. The molecule has 5 aromatic rings. The summed E-state index contributed by atoms with van der Waals surface area (Å²) in [6.07, 6.45) is 0. The number of aromatic nitrogens is 4. The van der Waals surface area contributed by atoms with Gasteiger partial charge < -0.3 is 4.42 Å². The SMILES string of the molecule is O=C(CSc1nnc(SCc2cccc3ccccc23)s1)Nc1nnc(-c2ccccc2)o1. The molecule has 0 aliphatic rings. The molecule has 0 spiro atoms. The summed E-state index contributed by atoms with van der Waals surface area (Å²) in [5.41, 5.74) is 2.05. The Hall–Kier alpha value is -3.21. The summed E-state index contributed by atoms with van der Waals surface area (Å²) in [4.78, 5) is 12.3. The van der Waals surface area contributed by atoms with Gasteiger partial charge in [-0.3, -0.25) is 10.1 Å². The highest BCUT2D eigenvalue weighted by Crippen LogP contribution is 2.32. The topological polar surface area (TPSA) is 93.8 Å². The van der Waals surface area contributed by atoms with Crippen molar-refractivity contribution >= 4 is 57.6 Å². The van der Waals surface area contributed by atoms with E-state index in [1.807, 2.05) is 36.4 Å². The monoisotopic (exact) mass is 491 g/mol. The molecule has 0 atom stereocenters. The molecule has 0 bridgehead atoms. The highest BCUT2D eigenvalue weighted by Gasteiger charge is 2.13. The van der Waals surface area contributed by atoms with Gasteiger partial charge in [0, 0.05) is 11.3 Å². The number of rotatable bonds is 8. The summed E-state index contributed by atoms with van der Waals surface area (Å²) in [6.45, 7) is 0. The first-order valence-electron chi connectivity index (χ1n) is 9.99. The minimum absolute atomic E-state index is 0.0723. The quantitative estimate of drug-likeness (QED) is 0.274. The smallest absolute Gasteiger partial charge is 0.322 e. The molecule has 1 amide bonds. The highest BCUT2D eigenvalue weighted by atomic mass is 32.2. The van der Waals surface area contributed by atoms with Crippen LogP contribution in [-0.4, -0.2) is 32.1 Å². The predicted molar refractivity (Wildman–Crippen MR) is 133 cm³/mol. The van der Waals surface area contributed by atoms with Crippen molar-refractivity contribution in [1.29, 1.82) is 0 Å². The molecular formula is C23H17N5O2S3. The van der Waals surface area contributed by atoms with E-state index >= 15 is 0 Å². The number of nitrogens with one attached hydrogen (secondary N) is 1. The lowest BCUT2D eigenvalue weighted by Gasteiger charge is -2.04. The Kier molecular flexibility index (Phi) is 6.66. The average Bonchev–Trinajstić information content (AvgIpc) is 3.51. The molecule has 1 N–H and O–H groups in total. The van der Waals surface area contributed by atoms with E-state index in [1.165, 1.54) is 39.4 Å². The minimum Gasteiger partial charge on any atom is -0.403 e. The van der Waals surface area contributed by atoms with Crippen LogP contribution in [0.4, 0.5) is 6.01 Å². The number of fused-ring (bicyclic) bond motifs is 1. The Balaban J connectivity index is 1.13. The maximum absolute atomic E-state index is 12.3. The molecule has 33 heavy (non-hydrogen) atoms. The molecule has 0 saturated carbocycles. The van der Waals surface area contributed by atoms with Crippen molar-refractivity contribution < 1.29 is 9.21 Å². The zero-order valence-corrected chi connectivity index (χ0v) is 19.6. The van der Waals surface area contributed by atoms with Crippen LogP contribution >= 0.6 is 34.9 Å².